The second-order valence-electron chi connectivity index (χ2n) is 10.1. The van der Waals surface area contributed by atoms with Gasteiger partial charge in [0.2, 0.25) is 0 Å². The van der Waals surface area contributed by atoms with Crippen LogP contribution in [-0.2, 0) is 21.6 Å². The first kappa shape index (κ1) is 26.6. The van der Waals surface area contributed by atoms with Crippen LogP contribution in [0.25, 0.3) is 0 Å². The van der Waals surface area contributed by atoms with Gasteiger partial charge >= 0.3 is 12.2 Å². The van der Waals surface area contributed by atoms with Gasteiger partial charge in [-0.3, -0.25) is 20.1 Å². The highest BCUT2D eigenvalue weighted by molar-refractivity contribution is 5.83. The number of rotatable bonds is 7. The van der Waals surface area contributed by atoms with E-state index in [0.29, 0.717) is 18.7 Å². The first-order valence-electron chi connectivity index (χ1n) is 12.3. The average molecular weight is 523 g/mol. The summed E-state index contributed by atoms with van der Waals surface area (Å²) in [5.41, 5.74) is 1.35. The van der Waals surface area contributed by atoms with Crippen molar-refractivity contribution in [3.05, 3.63) is 82.0 Å². The molecule has 1 fully saturated rings. The van der Waals surface area contributed by atoms with Crippen molar-refractivity contribution < 1.29 is 28.7 Å². The molecule has 200 valence electrons. The highest BCUT2D eigenvalue weighted by atomic mass is 16.7. The van der Waals surface area contributed by atoms with Gasteiger partial charge < -0.3 is 14.2 Å². The lowest BCUT2D eigenvalue weighted by Gasteiger charge is -2.24. The Labute approximate surface area is 219 Å². The fourth-order valence-electron chi connectivity index (χ4n) is 4.36. The number of hydrogen-bond donors (Lipinski definition) is 1. The molecule has 0 spiro atoms. The van der Waals surface area contributed by atoms with Crippen LogP contribution in [0.4, 0.5) is 21.1 Å². The molecule has 1 N–H and O–H groups in total. The largest absolute Gasteiger partial charge is 0.514 e. The van der Waals surface area contributed by atoms with Gasteiger partial charge in [-0.05, 0) is 57.7 Å². The van der Waals surface area contributed by atoms with E-state index in [1.54, 1.807) is 0 Å². The van der Waals surface area contributed by atoms with E-state index in [2.05, 4.69) is 10.4 Å². The van der Waals surface area contributed by atoms with Gasteiger partial charge in [0.15, 0.2) is 5.82 Å². The van der Waals surface area contributed by atoms with E-state index in [4.69, 9.17) is 14.2 Å². The van der Waals surface area contributed by atoms with Crippen molar-refractivity contribution in [2.75, 3.05) is 5.32 Å². The molecule has 1 aromatic heterocycles. The second-order valence-corrected chi connectivity index (χ2v) is 10.1. The van der Waals surface area contributed by atoms with Crippen molar-refractivity contribution in [3.8, 4) is 5.75 Å². The van der Waals surface area contributed by atoms with Crippen molar-refractivity contribution >= 4 is 23.8 Å². The zero-order chi connectivity index (χ0) is 27.3. The number of aromatic nitrogens is 2. The van der Waals surface area contributed by atoms with Gasteiger partial charge in [0.05, 0.1) is 10.5 Å². The summed E-state index contributed by atoms with van der Waals surface area (Å²) in [4.78, 5) is 34.9. The van der Waals surface area contributed by atoms with Crippen LogP contribution in [-0.4, -0.2) is 33.1 Å². The molecule has 1 aliphatic rings. The lowest BCUT2D eigenvalue weighted by Crippen LogP contribution is -2.26. The molecule has 2 aromatic carbocycles. The van der Waals surface area contributed by atoms with Crippen molar-refractivity contribution in [2.24, 2.45) is 0 Å². The van der Waals surface area contributed by atoms with E-state index < -0.39 is 17.2 Å². The third-order valence-electron chi connectivity index (χ3n) is 6.13. The van der Waals surface area contributed by atoms with Crippen molar-refractivity contribution in [1.29, 1.82) is 0 Å². The summed E-state index contributed by atoms with van der Waals surface area (Å²) in [6.45, 7) is 6.21. The Morgan fingerprint density at radius 1 is 1.11 bits per heavy atom. The monoisotopic (exact) mass is 522 g/mol. The van der Waals surface area contributed by atoms with Gasteiger partial charge in [0, 0.05) is 29.8 Å². The van der Waals surface area contributed by atoms with Crippen molar-refractivity contribution in [1.82, 2.24) is 9.78 Å². The van der Waals surface area contributed by atoms with E-state index in [9.17, 15) is 19.7 Å². The highest BCUT2D eigenvalue weighted by Crippen LogP contribution is 2.39. The van der Waals surface area contributed by atoms with E-state index in [0.717, 1.165) is 17.7 Å². The van der Waals surface area contributed by atoms with Crippen LogP contribution in [0.5, 0.6) is 5.75 Å². The number of nitrogens with zero attached hydrogens (tertiary/aromatic N) is 3. The Morgan fingerprint density at radius 3 is 2.47 bits per heavy atom. The minimum absolute atomic E-state index is 0.0507. The molecule has 1 aliphatic carbocycles. The van der Waals surface area contributed by atoms with Gasteiger partial charge in [-0.25, -0.2) is 9.59 Å². The zero-order valence-electron chi connectivity index (χ0n) is 21.5. The number of nitro benzene ring substituents is 1. The molecule has 11 heteroatoms. The number of carbonyl (C=O) groups is 2. The minimum atomic E-state index is -0.864. The van der Waals surface area contributed by atoms with Gasteiger partial charge in [0.1, 0.15) is 18.5 Å². The molecule has 1 heterocycles. The van der Waals surface area contributed by atoms with Gasteiger partial charge in [-0.2, -0.15) is 5.10 Å². The number of nitro groups is 1. The normalized spacial score (nSPS) is 17.0. The van der Waals surface area contributed by atoms with Crippen LogP contribution in [0, 0.1) is 10.1 Å². The summed E-state index contributed by atoms with van der Waals surface area (Å²) in [5.74, 6) is 0.598. The Hall–Kier alpha value is -4.41. The predicted octanol–water partition coefficient (Wildman–Crippen LogP) is 6.15. The first-order valence-corrected chi connectivity index (χ1v) is 12.3. The quantitative estimate of drug-likeness (QED) is 0.169. The maximum atomic E-state index is 12.4. The Bertz CT molecular complexity index is 1280. The molecule has 2 atom stereocenters. The minimum Gasteiger partial charge on any atom is -0.444 e. The Morgan fingerprint density at radius 2 is 1.82 bits per heavy atom. The van der Waals surface area contributed by atoms with Crippen molar-refractivity contribution in [3.63, 3.8) is 0 Å². The summed E-state index contributed by atoms with van der Waals surface area (Å²) < 4.78 is 17.9. The summed E-state index contributed by atoms with van der Waals surface area (Å²) in [6, 6.07) is 16.4. The molecule has 0 unspecified atom stereocenters. The second kappa shape index (κ2) is 11.3. The van der Waals surface area contributed by atoms with Gasteiger partial charge in [-0.1, -0.05) is 30.3 Å². The number of nitrogens with one attached hydrogen (secondary N) is 1. The smallest absolute Gasteiger partial charge is 0.444 e. The Kier molecular flexibility index (Phi) is 7.94. The molecule has 0 radical (unpaired) electrons. The summed E-state index contributed by atoms with van der Waals surface area (Å²) in [6.07, 6.45) is 0.139. The molecule has 0 bridgehead atoms. The molecule has 3 aromatic rings. The maximum absolute atomic E-state index is 12.4. The van der Waals surface area contributed by atoms with Gasteiger partial charge in [0.25, 0.3) is 5.69 Å². The first-order chi connectivity index (χ1) is 18.1. The maximum Gasteiger partial charge on any atom is 0.514 e. The fraction of sp³-hybridized carbons (Fsp3) is 0.370. The average Bonchev–Trinajstić information content (AvgIpc) is 3.50. The number of benzene rings is 2. The van der Waals surface area contributed by atoms with E-state index in [1.165, 1.54) is 24.3 Å². The predicted molar refractivity (Wildman–Crippen MR) is 138 cm³/mol. The summed E-state index contributed by atoms with van der Waals surface area (Å²) in [7, 11) is 0. The highest BCUT2D eigenvalue weighted by Gasteiger charge is 2.34. The standard InChI is InChI=1S/C27H30N4O7/c1-27(2,3)30-23(16-24(29-30)28-25(32)36-17-18-7-5-4-6-8-18)19-9-12-22(15-19)38-26(33)37-21-13-10-20(11-14-21)31(34)35/h4-8,10-11,13-14,16,19,22H,9,12,15,17H2,1-3H3,(H,28,29,32)/t19-,22+/m1/s1. The lowest BCUT2D eigenvalue weighted by molar-refractivity contribution is -0.384. The number of non-ortho nitro benzene ring substituents is 1. The number of carbonyl (C=O) groups excluding carboxylic acids is 2. The Balaban J connectivity index is 1.35. The van der Waals surface area contributed by atoms with Gasteiger partial charge in [-0.15, -0.1) is 0 Å². The van der Waals surface area contributed by atoms with Crippen LogP contribution < -0.4 is 10.1 Å². The molecule has 0 saturated heterocycles. The molecule has 11 nitrogen and oxygen atoms in total. The lowest BCUT2D eigenvalue weighted by atomic mass is 10.0. The zero-order valence-corrected chi connectivity index (χ0v) is 21.5. The van der Waals surface area contributed by atoms with Crippen LogP contribution in [0.15, 0.2) is 60.7 Å². The van der Waals surface area contributed by atoms with Crippen molar-refractivity contribution in [2.45, 2.75) is 64.2 Å². The molecule has 4 rings (SSSR count). The van der Waals surface area contributed by atoms with Crippen LogP contribution in [0.3, 0.4) is 0 Å². The number of amides is 1. The number of anilines is 1. The van der Waals surface area contributed by atoms with E-state index in [-0.39, 0.29) is 35.6 Å². The molecule has 1 saturated carbocycles. The number of hydrogen-bond acceptors (Lipinski definition) is 8. The summed E-state index contributed by atoms with van der Waals surface area (Å²) >= 11 is 0. The van der Waals surface area contributed by atoms with E-state index >= 15 is 0 Å². The fourth-order valence-corrected chi connectivity index (χ4v) is 4.36. The number of ether oxygens (including phenoxy) is 3. The molecular weight excluding hydrogens is 492 g/mol. The molecular formula is C27H30N4O7. The van der Waals surface area contributed by atoms with E-state index in [1.807, 2.05) is 61.9 Å². The third-order valence-corrected chi connectivity index (χ3v) is 6.13. The topological polar surface area (TPSA) is 135 Å². The molecule has 38 heavy (non-hydrogen) atoms. The SMILES string of the molecule is CC(C)(C)n1nc(NC(=O)OCc2ccccc2)cc1[C@@H]1CC[C@H](OC(=O)Oc2ccc([N+](=O)[O-])cc2)C1. The third kappa shape index (κ3) is 6.87. The molecule has 1 amide bonds. The molecule has 0 aliphatic heterocycles. The van der Waals surface area contributed by atoms with Crippen LogP contribution >= 0.6 is 0 Å². The van der Waals surface area contributed by atoms with Crippen LogP contribution in [0.2, 0.25) is 0 Å². The van der Waals surface area contributed by atoms with Crippen LogP contribution in [0.1, 0.15) is 57.2 Å². The summed E-state index contributed by atoms with van der Waals surface area (Å²) in [5, 5.41) is 18.1.